The molecule has 1 aromatic rings. The topological polar surface area (TPSA) is 9.23 Å². The predicted octanol–water partition coefficient (Wildman–Crippen LogP) is 3.33. The third kappa shape index (κ3) is 3.49. The first kappa shape index (κ1) is 11.2. The molecule has 0 saturated carbocycles. The van der Waals surface area contributed by atoms with Crippen molar-refractivity contribution in [2.45, 2.75) is 6.42 Å². The third-order valence-corrected chi connectivity index (χ3v) is 1.97. The largest absolute Gasteiger partial charge is 0.497 e. The van der Waals surface area contributed by atoms with Gasteiger partial charge in [0.25, 0.3) is 0 Å². The summed E-state index contributed by atoms with van der Waals surface area (Å²) < 4.78 is 5.06. The summed E-state index contributed by atoms with van der Waals surface area (Å²) in [5.41, 5.74) is 0.847. The molecular weight excluding hydrogens is 219 g/mol. The highest BCUT2D eigenvalue weighted by molar-refractivity contribution is 6.30. The first-order chi connectivity index (χ1) is 6.76. The molecule has 0 saturated heterocycles. The van der Waals surface area contributed by atoms with Crippen molar-refractivity contribution >= 4 is 23.2 Å². The van der Waals surface area contributed by atoms with Crippen LogP contribution in [0.1, 0.15) is 12.0 Å². The van der Waals surface area contributed by atoms with Crippen LogP contribution in [0.25, 0.3) is 0 Å². The van der Waals surface area contributed by atoms with E-state index in [2.05, 4.69) is 11.8 Å². The van der Waals surface area contributed by atoms with Gasteiger partial charge in [0.2, 0.25) is 0 Å². The summed E-state index contributed by atoms with van der Waals surface area (Å²) in [4.78, 5) is 0. The Bertz CT molecular complexity index is 363. The van der Waals surface area contributed by atoms with Gasteiger partial charge in [-0.05, 0) is 18.2 Å². The van der Waals surface area contributed by atoms with Crippen molar-refractivity contribution in [3.05, 3.63) is 28.8 Å². The summed E-state index contributed by atoms with van der Waals surface area (Å²) in [6.07, 6.45) is 0.677. The number of hydrogen-bond acceptors (Lipinski definition) is 1. The number of alkyl halides is 1. The van der Waals surface area contributed by atoms with Crippen LogP contribution in [-0.4, -0.2) is 13.0 Å². The lowest BCUT2D eigenvalue weighted by Crippen LogP contribution is -1.84. The third-order valence-electron chi connectivity index (χ3n) is 1.56. The number of ether oxygens (including phenoxy) is 1. The molecule has 0 N–H and O–H groups in total. The lowest BCUT2D eigenvalue weighted by molar-refractivity contribution is 0.414. The Morgan fingerprint density at radius 3 is 2.79 bits per heavy atom. The van der Waals surface area contributed by atoms with Crippen LogP contribution >= 0.6 is 23.2 Å². The zero-order chi connectivity index (χ0) is 10.4. The van der Waals surface area contributed by atoms with E-state index in [0.29, 0.717) is 23.1 Å². The second-order valence-corrected chi connectivity index (χ2v) is 3.43. The number of hydrogen-bond donors (Lipinski definition) is 0. The van der Waals surface area contributed by atoms with Gasteiger partial charge in [-0.25, -0.2) is 0 Å². The van der Waals surface area contributed by atoms with E-state index in [0.717, 1.165) is 5.56 Å². The second-order valence-electron chi connectivity index (χ2n) is 2.62. The van der Waals surface area contributed by atoms with E-state index >= 15 is 0 Å². The SMILES string of the molecule is COc1cc(Cl)cc(C#CCCCl)c1. The summed E-state index contributed by atoms with van der Waals surface area (Å²) in [5, 5.41) is 0.625. The van der Waals surface area contributed by atoms with Crippen LogP contribution in [0.3, 0.4) is 0 Å². The summed E-state index contributed by atoms with van der Waals surface area (Å²) in [6.45, 7) is 0. The molecule has 0 bridgehead atoms. The molecule has 0 amide bonds. The molecule has 0 heterocycles. The van der Waals surface area contributed by atoms with Crippen molar-refractivity contribution in [3.8, 4) is 17.6 Å². The molecule has 0 radical (unpaired) electrons. The van der Waals surface area contributed by atoms with Crippen molar-refractivity contribution in [3.63, 3.8) is 0 Å². The monoisotopic (exact) mass is 228 g/mol. The normalized spacial score (nSPS) is 9.07. The molecule has 0 aliphatic rings. The highest BCUT2D eigenvalue weighted by Gasteiger charge is 1.96. The Hall–Kier alpha value is -0.840. The highest BCUT2D eigenvalue weighted by atomic mass is 35.5. The Kier molecular flexibility index (Phi) is 4.65. The molecular formula is C11H10Cl2O. The number of halogens is 2. The van der Waals surface area contributed by atoms with Crippen LogP contribution in [-0.2, 0) is 0 Å². The molecule has 1 nitrogen and oxygen atoms in total. The van der Waals surface area contributed by atoms with Gasteiger partial charge >= 0.3 is 0 Å². The second kappa shape index (κ2) is 5.80. The van der Waals surface area contributed by atoms with Gasteiger partial charge in [0.15, 0.2) is 0 Å². The van der Waals surface area contributed by atoms with Crippen molar-refractivity contribution in [1.82, 2.24) is 0 Å². The van der Waals surface area contributed by atoms with Crippen LogP contribution < -0.4 is 4.74 Å². The van der Waals surface area contributed by atoms with Crippen molar-refractivity contribution in [2.24, 2.45) is 0 Å². The molecule has 0 fully saturated rings. The molecule has 74 valence electrons. The average molecular weight is 229 g/mol. The van der Waals surface area contributed by atoms with Crippen molar-refractivity contribution < 1.29 is 4.74 Å². The molecule has 0 atom stereocenters. The van der Waals surface area contributed by atoms with Crippen LogP contribution in [0.2, 0.25) is 5.02 Å². The Morgan fingerprint density at radius 2 is 2.14 bits per heavy atom. The smallest absolute Gasteiger partial charge is 0.121 e. The van der Waals surface area contributed by atoms with Crippen molar-refractivity contribution in [1.29, 1.82) is 0 Å². The van der Waals surface area contributed by atoms with Gasteiger partial charge in [0.05, 0.1) is 7.11 Å². The zero-order valence-corrected chi connectivity index (χ0v) is 9.32. The standard InChI is InChI=1S/C11H10Cl2O/c1-14-11-7-9(4-2-3-5-12)6-10(13)8-11/h6-8H,3,5H2,1H3. The van der Waals surface area contributed by atoms with Gasteiger partial charge in [0.1, 0.15) is 5.75 Å². The lowest BCUT2D eigenvalue weighted by Gasteiger charge is -2.00. The Labute approximate surface area is 94.0 Å². The minimum absolute atomic E-state index is 0.546. The van der Waals surface area contributed by atoms with Crippen LogP contribution in [0.15, 0.2) is 18.2 Å². The number of rotatable bonds is 2. The van der Waals surface area contributed by atoms with E-state index in [1.165, 1.54) is 0 Å². The maximum atomic E-state index is 5.87. The van der Waals surface area contributed by atoms with Crippen molar-refractivity contribution in [2.75, 3.05) is 13.0 Å². The van der Waals surface area contributed by atoms with Gasteiger partial charge in [-0.3, -0.25) is 0 Å². The fourth-order valence-electron chi connectivity index (χ4n) is 0.965. The van der Waals surface area contributed by atoms with E-state index in [-0.39, 0.29) is 0 Å². The Morgan fingerprint density at radius 1 is 1.36 bits per heavy atom. The maximum absolute atomic E-state index is 5.87. The lowest BCUT2D eigenvalue weighted by atomic mass is 10.2. The minimum Gasteiger partial charge on any atom is -0.497 e. The molecule has 0 aliphatic heterocycles. The van der Waals surface area contributed by atoms with E-state index in [4.69, 9.17) is 27.9 Å². The van der Waals surface area contributed by atoms with E-state index in [1.807, 2.05) is 6.07 Å². The summed E-state index contributed by atoms with van der Waals surface area (Å²) in [5.74, 6) is 7.16. The molecule has 0 aliphatic carbocycles. The van der Waals surface area contributed by atoms with Crippen LogP contribution in [0.4, 0.5) is 0 Å². The molecule has 0 spiro atoms. The minimum atomic E-state index is 0.546. The molecule has 0 unspecified atom stereocenters. The summed E-state index contributed by atoms with van der Waals surface area (Å²) in [7, 11) is 1.60. The summed E-state index contributed by atoms with van der Waals surface area (Å²) in [6, 6.07) is 5.38. The average Bonchev–Trinajstić information content (AvgIpc) is 2.17. The number of benzene rings is 1. The fraction of sp³-hybridized carbons (Fsp3) is 0.273. The Balaban J connectivity index is 2.88. The summed E-state index contributed by atoms with van der Waals surface area (Å²) >= 11 is 11.4. The maximum Gasteiger partial charge on any atom is 0.121 e. The highest BCUT2D eigenvalue weighted by Crippen LogP contribution is 2.19. The van der Waals surface area contributed by atoms with E-state index in [9.17, 15) is 0 Å². The molecule has 1 aromatic carbocycles. The molecule has 3 heteroatoms. The number of methoxy groups -OCH3 is 1. The van der Waals surface area contributed by atoms with Crippen LogP contribution in [0, 0.1) is 11.8 Å². The first-order valence-electron chi connectivity index (χ1n) is 4.15. The first-order valence-corrected chi connectivity index (χ1v) is 5.07. The van der Waals surface area contributed by atoms with E-state index in [1.54, 1.807) is 19.2 Å². The fourth-order valence-corrected chi connectivity index (χ4v) is 1.28. The predicted molar refractivity (Wildman–Crippen MR) is 60.2 cm³/mol. The van der Waals surface area contributed by atoms with Gasteiger partial charge in [-0.2, -0.15) is 0 Å². The van der Waals surface area contributed by atoms with Gasteiger partial charge < -0.3 is 4.74 Å². The molecule has 14 heavy (non-hydrogen) atoms. The molecule has 1 rings (SSSR count). The van der Waals surface area contributed by atoms with Gasteiger partial charge in [-0.1, -0.05) is 23.4 Å². The van der Waals surface area contributed by atoms with Gasteiger partial charge in [-0.15, -0.1) is 11.6 Å². The molecule has 0 aromatic heterocycles. The van der Waals surface area contributed by atoms with Gasteiger partial charge in [0, 0.05) is 22.9 Å². The quantitative estimate of drug-likeness (QED) is 0.558. The zero-order valence-electron chi connectivity index (χ0n) is 7.81. The van der Waals surface area contributed by atoms with E-state index < -0.39 is 0 Å². The van der Waals surface area contributed by atoms with Crippen LogP contribution in [0.5, 0.6) is 5.75 Å².